The number of halogens is 1. The fourth-order valence-corrected chi connectivity index (χ4v) is 3.65. The van der Waals surface area contributed by atoms with Crippen LogP contribution in [0.2, 0.25) is 0 Å². The highest BCUT2D eigenvalue weighted by Gasteiger charge is 2.21. The van der Waals surface area contributed by atoms with E-state index in [9.17, 15) is 9.90 Å². The Hall–Kier alpha value is -2.32. The molecule has 0 spiro atoms. The number of carbonyl (C=O) groups excluding carboxylic acids is 1. The Bertz CT molecular complexity index is 1020. The average molecular weight is 322 g/mol. The third kappa shape index (κ3) is 2.06. The summed E-state index contributed by atoms with van der Waals surface area (Å²) >= 11 is 6.03. The SMILES string of the molecule is C[C@H](c1ccc2ccc3cccc4ccc1c2c34)C(Cl)C(=O)[O-]. The van der Waals surface area contributed by atoms with Crippen LogP contribution in [0.15, 0.2) is 54.6 Å². The Morgan fingerprint density at radius 1 is 0.913 bits per heavy atom. The first kappa shape index (κ1) is 14.3. The quantitative estimate of drug-likeness (QED) is 0.422. The van der Waals surface area contributed by atoms with Gasteiger partial charge in [-0.1, -0.05) is 61.5 Å². The number of alkyl halides is 1. The lowest BCUT2D eigenvalue weighted by Crippen LogP contribution is -2.35. The largest absolute Gasteiger partial charge is 0.549 e. The summed E-state index contributed by atoms with van der Waals surface area (Å²) in [5.74, 6) is -1.56. The van der Waals surface area contributed by atoms with E-state index in [0.717, 1.165) is 16.3 Å². The second-order valence-corrected chi connectivity index (χ2v) is 6.49. The van der Waals surface area contributed by atoms with Gasteiger partial charge in [-0.05, 0) is 37.9 Å². The molecule has 0 aliphatic rings. The highest BCUT2D eigenvalue weighted by Crippen LogP contribution is 2.38. The molecule has 23 heavy (non-hydrogen) atoms. The van der Waals surface area contributed by atoms with Gasteiger partial charge in [-0.3, -0.25) is 0 Å². The molecule has 4 rings (SSSR count). The molecule has 3 heteroatoms. The first-order chi connectivity index (χ1) is 11.1. The molecule has 0 amide bonds. The van der Waals surface area contributed by atoms with Gasteiger partial charge in [-0.15, -0.1) is 11.6 Å². The third-order valence-electron chi connectivity index (χ3n) is 4.72. The predicted octanol–water partition coefficient (Wildman–Crippen LogP) is 4.04. The van der Waals surface area contributed by atoms with Crippen molar-refractivity contribution in [2.45, 2.75) is 18.2 Å². The van der Waals surface area contributed by atoms with E-state index in [-0.39, 0.29) is 5.92 Å². The number of carboxylic acid groups (broad SMARTS) is 1. The maximum absolute atomic E-state index is 11.1. The molecule has 4 aromatic carbocycles. The molecule has 0 heterocycles. The van der Waals surface area contributed by atoms with E-state index in [0.29, 0.717) is 0 Å². The van der Waals surface area contributed by atoms with Gasteiger partial charge in [-0.2, -0.15) is 0 Å². The maximum atomic E-state index is 11.1. The van der Waals surface area contributed by atoms with Crippen LogP contribution in [0.4, 0.5) is 0 Å². The van der Waals surface area contributed by atoms with Crippen molar-refractivity contribution in [3.63, 3.8) is 0 Å². The predicted molar refractivity (Wildman–Crippen MR) is 93.2 cm³/mol. The Balaban J connectivity index is 2.09. The maximum Gasteiger partial charge on any atom is 0.0796 e. The van der Waals surface area contributed by atoms with E-state index in [2.05, 4.69) is 42.5 Å². The lowest BCUT2D eigenvalue weighted by atomic mass is 9.87. The minimum Gasteiger partial charge on any atom is -0.549 e. The van der Waals surface area contributed by atoms with Crippen molar-refractivity contribution in [1.29, 1.82) is 0 Å². The summed E-state index contributed by atoms with van der Waals surface area (Å²) in [6.07, 6.45) is 0. The molecule has 1 unspecified atom stereocenters. The van der Waals surface area contributed by atoms with Crippen LogP contribution in [0.5, 0.6) is 0 Å². The van der Waals surface area contributed by atoms with E-state index in [1.807, 2.05) is 19.1 Å². The molecule has 0 fully saturated rings. The van der Waals surface area contributed by atoms with Crippen molar-refractivity contribution in [3.8, 4) is 0 Å². The van der Waals surface area contributed by atoms with Crippen molar-refractivity contribution in [3.05, 3.63) is 60.2 Å². The molecule has 2 nitrogen and oxygen atoms in total. The fourth-order valence-electron chi connectivity index (χ4n) is 3.52. The van der Waals surface area contributed by atoms with Crippen LogP contribution in [0.25, 0.3) is 32.3 Å². The van der Waals surface area contributed by atoms with Crippen molar-refractivity contribution in [2.24, 2.45) is 0 Å². The van der Waals surface area contributed by atoms with Crippen LogP contribution in [-0.2, 0) is 4.79 Å². The number of hydrogen-bond acceptors (Lipinski definition) is 2. The van der Waals surface area contributed by atoms with Gasteiger partial charge in [0, 0.05) is 5.92 Å². The summed E-state index contributed by atoms with van der Waals surface area (Å²) in [6, 6.07) is 18.6. The van der Waals surface area contributed by atoms with Gasteiger partial charge in [0.25, 0.3) is 0 Å². The first-order valence-corrected chi connectivity index (χ1v) is 8.03. The molecule has 0 bridgehead atoms. The number of rotatable bonds is 3. The minimum atomic E-state index is -1.23. The van der Waals surface area contributed by atoms with Crippen LogP contribution in [0.3, 0.4) is 0 Å². The zero-order chi connectivity index (χ0) is 16.1. The van der Waals surface area contributed by atoms with E-state index in [1.54, 1.807) is 0 Å². The van der Waals surface area contributed by atoms with E-state index in [1.165, 1.54) is 21.5 Å². The second kappa shape index (κ2) is 5.10. The highest BCUT2D eigenvalue weighted by atomic mass is 35.5. The Morgan fingerprint density at radius 3 is 2.13 bits per heavy atom. The molecular weight excluding hydrogens is 308 g/mol. The van der Waals surface area contributed by atoms with Gasteiger partial charge in [0.1, 0.15) is 0 Å². The Labute approximate surface area is 138 Å². The molecule has 0 saturated heterocycles. The highest BCUT2D eigenvalue weighted by molar-refractivity contribution is 6.30. The van der Waals surface area contributed by atoms with Crippen LogP contribution < -0.4 is 5.11 Å². The van der Waals surface area contributed by atoms with Crippen LogP contribution in [-0.4, -0.2) is 11.3 Å². The molecule has 0 aromatic heterocycles. The van der Waals surface area contributed by atoms with Crippen LogP contribution in [0, 0.1) is 0 Å². The smallest absolute Gasteiger partial charge is 0.0796 e. The van der Waals surface area contributed by atoms with Gasteiger partial charge >= 0.3 is 0 Å². The van der Waals surface area contributed by atoms with Crippen molar-refractivity contribution >= 4 is 49.9 Å². The lowest BCUT2D eigenvalue weighted by Gasteiger charge is -2.22. The zero-order valence-electron chi connectivity index (χ0n) is 12.5. The molecule has 0 aliphatic heterocycles. The number of carboxylic acids is 1. The number of hydrogen-bond donors (Lipinski definition) is 0. The van der Waals surface area contributed by atoms with Gasteiger partial charge in [-0.25, -0.2) is 0 Å². The zero-order valence-corrected chi connectivity index (χ0v) is 13.3. The van der Waals surface area contributed by atoms with Gasteiger partial charge < -0.3 is 9.90 Å². The molecule has 0 radical (unpaired) electrons. The Kier molecular flexibility index (Phi) is 3.17. The van der Waals surface area contributed by atoms with Gasteiger partial charge in [0.05, 0.1) is 11.3 Å². The third-order valence-corrected chi connectivity index (χ3v) is 5.27. The molecule has 0 aliphatic carbocycles. The van der Waals surface area contributed by atoms with Crippen molar-refractivity contribution in [1.82, 2.24) is 0 Å². The monoisotopic (exact) mass is 321 g/mol. The molecule has 2 atom stereocenters. The minimum absolute atomic E-state index is 0.328. The first-order valence-electron chi connectivity index (χ1n) is 7.59. The van der Waals surface area contributed by atoms with Crippen LogP contribution >= 0.6 is 11.6 Å². The fraction of sp³-hybridized carbons (Fsp3) is 0.150. The Morgan fingerprint density at radius 2 is 1.48 bits per heavy atom. The van der Waals surface area contributed by atoms with Crippen LogP contribution in [0.1, 0.15) is 18.4 Å². The number of aliphatic carboxylic acids is 1. The topological polar surface area (TPSA) is 40.1 Å². The standard InChI is InChI=1S/C20H15ClO2/c1-11(19(21)20(22)23)15-9-7-14-6-5-12-3-2-4-13-8-10-16(15)18(14)17(12)13/h2-11,19H,1H3,(H,22,23)/p-1/t11-,19?/m1/s1. The van der Waals surface area contributed by atoms with Gasteiger partial charge in [0.15, 0.2) is 0 Å². The lowest BCUT2D eigenvalue weighted by molar-refractivity contribution is -0.305. The van der Waals surface area contributed by atoms with Gasteiger partial charge in [0.2, 0.25) is 0 Å². The molecule has 0 saturated carbocycles. The summed E-state index contributed by atoms with van der Waals surface area (Å²) < 4.78 is 0. The van der Waals surface area contributed by atoms with Crippen molar-refractivity contribution < 1.29 is 9.90 Å². The molecule has 4 aromatic rings. The normalized spacial score (nSPS) is 14.5. The summed E-state index contributed by atoms with van der Waals surface area (Å²) in [6.45, 7) is 1.83. The van der Waals surface area contributed by atoms with E-state index in [4.69, 9.17) is 11.6 Å². The summed E-state index contributed by atoms with van der Waals surface area (Å²) in [5.41, 5.74) is 0.944. The molecule has 0 N–H and O–H groups in total. The van der Waals surface area contributed by atoms with Crippen molar-refractivity contribution in [2.75, 3.05) is 0 Å². The number of carbonyl (C=O) groups is 1. The summed E-state index contributed by atoms with van der Waals surface area (Å²) in [4.78, 5) is 11.1. The van der Waals surface area contributed by atoms with E-state index < -0.39 is 11.3 Å². The summed E-state index contributed by atoms with van der Waals surface area (Å²) in [7, 11) is 0. The molecular formula is C20H14ClO2-. The second-order valence-electron chi connectivity index (χ2n) is 6.02. The molecule has 114 valence electrons. The number of benzene rings is 4. The average Bonchev–Trinajstić information content (AvgIpc) is 2.58. The van der Waals surface area contributed by atoms with E-state index >= 15 is 0 Å². The summed E-state index contributed by atoms with van der Waals surface area (Å²) in [5, 5.41) is 17.1.